The second-order valence-electron chi connectivity index (χ2n) is 4.97. The first-order valence-electron chi connectivity index (χ1n) is 6.61. The molecule has 104 valence electrons. The average molecular weight is 265 g/mol. The molecule has 0 rings (SSSR count). The van der Waals surface area contributed by atoms with Gasteiger partial charge in [-0.25, -0.2) is 0 Å². The van der Waals surface area contributed by atoms with E-state index in [9.17, 15) is 14.4 Å². The van der Waals surface area contributed by atoms with Crippen molar-refractivity contribution in [2.75, 3.05) is 6.54 Å². The van der Waals surface area contributed by atoms with Crippen LogP contribution < -0.4 is 5.32 Å². The van der Waals surface area contributed by atoms with Gasteiger partial charge in [0.1, 0.15) is 5.28 Å². The molecule has 0 amide bonds. The van der Waals surface area contributed by atoms with Gasteiger partial charge in [0.15, 0.2) is 0 Å². The highest BCUT2D eigenvalue weighted by Crippen LogP contribution is 2.50. The van der Waals surface area contributed by atoms with E-state index >= 15 is 0 Å². The van der Waals surface area contributed by atoms with Crippen LogP contribution in [-0.4, -0.2) is 21.6 Å². The molecule has 0 fully saturated rings. The quantitative estimate of drug-likeness (QED) is 0.560. The number of rotatable bonds is 9. The van der Waals surface area contributed by atoms with Gasteiger partial charge in [-0.15, -0.1) is 0 Å². The van der Waals surface area contributed by atoms with Gasteiger partial charge in [-0.2, -0.15) is 0 Å². The fraction of sp³-hybridized carbons (Fsp3) is 1.00. The molecule has 0 aliphatic rings. The Labute approximate surface area is 105 Å². The summed E-state index contributed by atoms with van der Waals surface area (Å²) in [5.41, 5.74) is 0. The highest BCUT2D eigenvalue weighted by atomic mass is 31.2. The minimum absolute atomic E-state index is 0.432. The second kappa shape index (κ2) is 7.52. The molecule has 0 aliphatic heterocycles. The Balaban J connectivity index is 4.35. The van der Waals surface area contributed by atoms with E-state index in [1.807, 2.05) is 0 Å². The maximum Gasteiger partial charge on any atom is 0.345 e. The van der Waals surface area contributed by atoms with Gasteiger partial charge in [0.2, 0.25) is 0 Å². The average Bonchev–Trinajstić information content (AvgIpc) is 2.27. The molecule has 0 heterocycles. The van der Waals surface area contributed by atoms with Crippen LogP contribution in [0.25, 0.3) is 0 Å². The van der Waals surface area contributed by atoms with Crippen molar-refractivity contribution < 1.29 is 14.4 Å². The summed E-state index contributed by atoms with van der Waals surface area (Å²) in [6.45, 7) is 8.39. The van der Waals surface area contributed by atoms with Crippen molar-refractivity contribution in [1.29, 1.82) is 0 Å². The predicted molar refractivity (Wildman–Crippen MR) is 72.0 cm³/mol. The van der Waals surface area contributed by atoms with E-state index in [2.05, 4.69) is 19.2 Å². The monoisotopic (exact) mass is 265 g/mol. The summed E-state index contributed by atoms with van der Waals surface area (Å²) >= 11 is 0. The number of hydrogen-bond donors (Lipinski definition) is 3. The third kappa shape index (κ3) is 5.52. The molecule has 0 aliphatic carbocycles. The Hall–Kier alpha value is 0.110. The van der Waals surface area contributed by atoms with Crippen LogP contribution in [0.4, 0.5) is 0 Å². The summed E-state index contributed by atoms with van der Waals surface area (Å²) in [6, 6.07) is 0. The maximum absolute atomic E-state index is 11.4. The van der Waals surface area contributed by atoms with Crippen molar-refractivity contribution in [3.05, 3.63) is 0 Å². The zero-order valence-electron chi connectivity index (χ0n) is 11.6. The minimum Gasteiger partial charge on any atom is -0.323 e. The lowest BCUT2D eigenvalue weighted by Crippen LogP contribution is -2.43. The van der Waals surface area contributed by atoms with E-state index < -0.39 is 12.9 Å². The lowest BCUT2D eigenvalue weighted by molar-refractivity contribution is 0.285. The smallest absolute Gasteiger partial charge is 0.323 e. The summed E-state index contributed by atoms with van der Waals surface area (Å²) in [6.07, 6.45) is 4.95. The Morgan fingerprint density at radius 3 is 2.24 bits per heavy atom. The third-order valence-corrected chi connectivity index (χ3v) is 5.41. The van der Waals surface area contributed by atoms with E-state index in [-0.39, 0.29) is 0 Å². The van der Waals surface area contributed by atoms with Gasteiger partial charge in [0.25, 0.3) is 0 Å². The Morgan fingerprint density at radius 2 is 1.88 bits per heavy atom. The number of unbranched alkanes of at least 4 members (excludes halogenated alkanes) is 1. The van der Waals surface area contributed by atoms with Gasteiger partial charge in [-0.3, -0.25) is 4.57 Å². The van der Waals surface area contributed by atoms with Crippen LogP contribution in [0.5, 0.6) is 0 Å². The van der Waals surface area contributed by atoms with Crippen LogP contribution in [0, 0.1) is 5.92 Å². The largest absolute Gasteiger partial charge is 0.345 e. The maximum atomic E-state index is 11.4. The molecule has 0 spiro atoms. The lowest BCUT2D eigenvalue weighted by atomic mass is 9.99. The summed E-state index contributed by atoms with van der Waals surface area (Å²) in [5, 5.41) is 2.01. The number of hydrogen-bond acceptors (Lipinski definition) is 2. The Bertz CT molecular complexity index is 254. The SMILES string of the molecule is CCCCC(CC)CNC(C)(CC)P(=O)(O)O. The van der Waals surface area contributed by atoms with E-state index in [1.165, 1.54) is 12.8 Å². The first kappa shape index (κ1) is 17.1. The molecule has 2 atom stereocenters. The Morgan fingerprint density at radius 1 is 1.29 bits per heavy atom. The second-order valence-corrected chi connectivity index (χ2v) is 7.04. The van der Waals surface area contributed by atoms with E-state index in [4.69, 9.17) is 0 Å². The van der Waals surface area contributed by atoms with Gasteiger partial charge < -0.3 is 15.1 Å². The van der Waals surface area contributed by atoms with Gasteiger partial charge in [0.05, 0.1) is 0 Å². The normalized spacial score (nSPS) is 17.8. The summed E-state index contributed by atoms with van der Waals surface area (Å²) in [7, 11) is -4.09. The standard InChI is InChI=1S/C12H28NO3P/c1-5-8-9-11(6-2)10-13-12(4,7-3)17(14,15)16/h11,13H,5-10H2,1-4H3,(H2,14,15,16). The molecule has 0 bridgehead atoms. The lowest BCUT2D eigenvalue weighted by Gasteiger charge is -2.32. The van der Waals surface area contributed by atoms with Crippen LogP contribution >= 0.6 is 7.60 Å². The van der Waals surface area contributed by atoms with Crippen LogP contribution in [-0.2, 0) is 4.57 Å². The van der Waals surface area contributed by atoms with Crippen molar-refractivity contribution in [2.45, 2.75) is 65.1 Å². The van der Waals surface area contributed by atoms with Crippen LogP contribution in [0.2, 0.25) is 0 Å². The zero-order valence-corrected chi connectivity index (χ0v) is 12.5. The zero-order chi connectivity index (χ0) is 13.5. The van der Waals surface area contributed by atoms with E-state index in [0.717, 1.165) is 12.8 Å². The fourth-order valence-corrected chi connectivity index (χ4v) is 2.45. The van der Waals surface area contributed by atoms with Crippen LogP contribution in [0.15, 0.2) is 0 Å². The van der Waals surface area contributed by atoms with Gasteiger partial charge in [0, 0.05) is 0 Å². The van der Waals surface area contributed by atoms with Crippen molar-refractivity contribution in [1.82, 2.24) is 5.32 Å². The molecule has 0 aromatic heterocycles. The molecule has 0 aromatic carbocycles. The molecule has 5 heteroatoms. The highest BCUT2D eigenvalue weighted by Gasteiger charge is 2.40. The van der Waals surface area contributed by atoms with Gasteiger partial charge in [-0.1, -0.05) is 40.0 Å². The summed E-state index contributed by atoms with van der Waals surface area (Å²) in [5.74, 6) is 0.507. The predicted octanol–water partition coefficient (Wildman–Crippen LogP) is 3.10. The first-order chi connectivity index (χ1) is 7.80. The molecular weight excluding hydrogens is 237 g/mol. The molecule has 0 saturated carbocycles. The van der Waals surface area contributed by atoms with Crippen molar-refractivity contribution in [2.24, 2.45) is 5.92 Å². The Kier molecular flexibility index (Phi) is 7.57. The molecule has 4 nitrogen and oxygen atoms in total. The summed E-state index contributed by atoms with van der Waals surface area (Å²) in [4.78, 5) is 18.7. The molecule has 17 heavy (non-hydrogen) atoms. The van der Waals surface area contributed by atoms with Crippen molar-refractivity contribution in [3.63, 3.8) is 0 Å². The molecule has 0 radical (unpaired) electrons. The van der Waals surface area contributed by atoms with E-state index in [0.29, 0.717) is 18.9 Å². The highest BCUT2D eigenvalue weighted by molar-refractivity contribution is 7.53. The van der Waals surface area contributed by atoms with Crippen LogP contribution in [0.1, 0.15) is 59.8 Å². The van der Waals surface area contributed by atoms with E-state index in [1.54, 1.807) is 13.8 Å². The molecule has 0 aromatic rings. The molecule has 3 N–H and O–H groups in total. The first-order valence-corrected chi connectivity index (χ1v) is 8.22. The van der Waals surface area contributed by atoms with Crippen molar-refractivity contribution >= 4 is 7.60 Å². The molecular formula is C12H28NO3P. The van der Waals surface area contributed by atoms with Crippen molar-refractivity contribution in [3.8, 4) is 0 Å². The van der Waals surface area contributed by atoms with Crippen LogP contribution in [0.3, 0.4) is 0 Å². The summed E-state index contributed by atoms with van der Waals surface area (Å²) < 4.78 is 11.4. The van der Waals surface area contributed by atoms with Gasteiger partial charge in [-0.05, 0) is 32.2 Å². The topological polar surface area (TPSA) is 69.6 Å². The third-order valence-electron chi connectivity index (χ3n) is 3.65. The van der Waals surface area contributed by atoms with Gasteiger partial charge >= 0.3 is 7.60 Å². The molecule has 2 unspecified atom stereocenters. The minimum atomic E-state index is -4.09. The molecule has 0 saturated heterocycles. The number of nitrogens with one attached hydrogen (secondary N) is 1. The fourth-order valence-electron chi connectivity index (χ4n) is 1.74.